The lowest BCUT2D eigenvalue weighted by atomic mass is 10.0. The van der Waals surface area contributed by atoms with Crippen molar-refractivity contribution in [3.05, 3.63) is 0 Å². The maximum Gasteiger partial charge on any atom is 0.309 e. The highest BCUT2D eigenvalue weighted by atomic mass is 16.5. The second-order valence-corrected chi connectivity index (χ2v) is 5.37. The van der Waals surface area contributed by atoms with Crippen LogP contribution >= 0.6 is 0 Å². The Bertz CT molecular complexity index is 318. The van der Waals surface area contributed by atoms with Crippen LogP contribution in [0.5, 0.6) is 0 Å². The average Bonchev–Trinajstić information content (AvgIpc) is 2.51. The lowest BCUT2D eigenvalue weighted by Gasteiger charge is -2.15. The first kappa shape index (κ1) is 20.9. The third kappa shape index (κ3) is 9.73. The maximum absolute atomic E-state index is 11.9. The van der Waals surface area contributed by atoms with Gasteiger partial charge in [0.05, 0.1) is 37.8 Å². The molecule has 0 heterocycles. The predicted octanol–water partition coefficient (Wildman–Crippen LogP) is 2.34. The van der Waals surface area contributed by atoms with Crippen LogP contribution in [0, 0.1) is 5.92 Å². The number of esters is 2. The second kappa shape index (κ2) is 12.4. The quantitative estimate of drug-likeness (QED) is 0.514. The SMILES string of the molecule is CCC(CC(=O)OCCC(C)OC)C(=O)OCCC(C)OC. The van der Waals surface area contributed by atoms with Crippen LogP contribution in [0.2, 0.25) is 0 Å². The number of carbonyl (C=O) groups excluding carboxylic acids is 2. The third-order valence-corrected chi connectivity index (χ3v) is 3.60. The van der Waals surface area contributed by atoms with Crippen molar-refractivity contribution in [3.63, 3.8) is 0 Å². The van der Waals surface area contributed by atoms with E-state index in [0.29, 0.717) is 32.5 Å². The molecule has 0 N–H and O–H groups in total. The van der Waals surface area contributed by atoms with Gasteiger partial charge in [-0.25, -0.2) is 0 Å². The molecule has 0 aliphatic heterocycles. The topological polar surface area (TPSA) is 71.1 Å². The molecule has 0 saturated carbocycles. The van der Waals surface area contributed by atoms with Crippen LogP contribution in [0.15, 0.2) is 0 Å². The molecule has 22 heavy (non-hydrogen) atoms. The first-order valence-electron chi connectivity index (χ1n) is 7.82. The number of hydrogen-bond acceptors (Lipinski definition) is 6. The highest BCUT2D eigenvalue weighted by molar-refractivity contribution is 5.79. The molecule has 0 fully saturated rings. The zero-order valence-corrected chi connectivity index (χ0v) is 14.4. The Balaban J connectivity index is 4.02. The molecule has 3 atom stereocenters. The summed E-state index contributed by atoms with van der Waals surface area (Å²) in [5.41, 5.74) is 0. The number of ether oxygens (including phenoxy) is 4. The molecule has 0 radical (unpaired) electrons. The molecular formula is C16H30O6. The van der Waals surface area contributed by atoms with Gasteiger partial charge in [0.1, 0.15) is 0 Å². The minimum Gasteiger partial charge on any atom is -0.466 e. The molecular weight excluding hydrogens is 288 g/mol. The van der Waals surface area contributed by atoms with Gasteiger partial charge in [-0.1, -0.05) is 6.92 Å². The third-order valence-electron chi connectivity index (χ3n) is 3.60. The van der Waals surface area contributed by atoms with E-state index in [4.69, 9.17) is 18.9 Å². The van der Waals surface area contributed by atoms with E-state index in [9.17, 15) is 9.59 Å². The molecule has 6 heteroatoms. The van der Waals surface area contributed by atoms with E-state index in [-0.39, 0.29) is 30.6 Å². The first-order chi connectivity index (χ1) is 10.4. The van der Waals surface area contributed by atoms with E-state index in [1.807, 2.05) is 20.8 Å². The van der Waals surface area contributed by atoms with Crippen molar-refractivity contribution in [2.24, 2.45) is 5.92 Å². The minimum absolute atomic E-state index is 0.0422. The lowest BCUT2D eigenvalue weighted by Crippen LogP contribution is -2.23. The molecule has 0 saturated heterocycles. The standard InChI is InChI=1S/C16H30O6/c1-6-14(16(18)22-10-8-13(3)20-5)11-15(17)21-9-7-12(2)19-4/h12-14H,6-11H2,1-5H3. The van der Waals surface area contributed by atoms with Gasteiger partial charge >= 0.3 is 11.9 Å². The van der Waals surface area contributed by atoms with E-state index in [1.54, 1.807) is 14.2 Å². The van der Waals surface area contributed by atoms with E-state index >= 15 is 0 Å². The van der Waals surface area contributed by atoms with Gasteiger partial charge in [-0.3, -0.25) is 9.59 Å². The summed E-state index contributed by atoms with van der Waals surface area (Å²) in [4.78, 5) is 23.6. The summed E-state index contributed by atoms with van der Waals surface area (Å²) >= 11 is 0. The van der Waals surface area contributed by atoms with E-state index in [1.165, 1.54) is 0 Å². The van der Waals surface area contributed by atoms with Crippen LogP contribution in [0.25, 0.3) is 0 Å². The summed E-state index contributed by atoms with van der Waals surface area (Å²) < 4.78 is 20.4. The van der Waals surface area contributed by atoms with Crippen molar-refractivity contribution in [2.45, 2.75) is 58.7 Å². The Morgan fingerprint density at radius 2 is 1.41 bits per heavy atom. The first-order valence-corrected chi connectivity index (χ1v) is 7.82. The van der Waals surface area contributed by atoms with Gasteiger partial charge < -0.3 is 18.9 Å². The highest BCUT2D eigenvalue weighted by Crippen LogP contribution is 2.13. The zero-order chi connectivity index (χ0) is 17.0. The maximum atomic E-state index is 11.9. The van der Waals surface area contributed by atoms with Gasteiger partial charge in [-0.15, -0.1) is 0 Å². The molecule has 0 rings (SSSR count). The van der Waals surface area contributed by atoms with E-state index in [0.717, 1.165) is 0 Å². The molecule has 6 nitrogen and oxygen atoms in total. The summed E-state index contributed by atoms with van der Waals surface area (Å²) in [6.07, 6.45) is 1.96. The zero-order valence-electron chi connectivity index (χ0n) is 14.4. The summed E-state index contributed by atoms with van der Waals surface area (Å²) in [6, 6.07) is 0. The smallest absolute Gasteiger partial charge is 0.309 e. The molecule has 0 aliphatic carbocycles. The molecule has 0 aromatic rings. The Morgan fingerprint density at radius 1 is 0.909 bits per heavy atom. The fourth-order valence-corrected chi connectivity index (χ4v) is 1.67. The number of hydrogen-bond donors (Lipinski definition) is 0. The molecule has 0 aromatic carbocycles. The van der Waals surface area contributed by atoms with E-state index in [2.05, 4.69) is 0 Å². The monoisotopic (exact) mass is 318 g/mol. The van der Waals surface area contributed by atoms with Crippen LogP contribution in [0.4, 0.5) is 0 Å². The number of methoxy groups -OCH3 is 2. The van der Waals surface area contributed by atoms with Crippen LogP contribution < -0.4 is 0 Å². The molecule has 3 unspecified atom stereocenters. The van der Waals surface area contributed by atoms with Crippen molar-refractivity contribution >= 4 is 11.9 Å². The van der Waals surface area contributed by atoms with Crippen LogP contribution in [-0.2, 0) is 28.5 Å². The normalized spacial score (nSPS) is 15.0. The lowest BCUT2D eigenvalue weighted by molar-refractivity contribution is -0.156. The summed E-state index contributed by atoms with van der Waals surface area (Å²) in [5.74, 6) is -1.18. The number of carbonyl (C=O) groups is 2. The van der Waals surface area contributed by atoms with Gasteiger partial charge in [-0.05, 0) is 20.3 Å². The molecule has 0 aromatic heterocycles. The van der Waals surface area contributed by atoms with Crippen molar-refractivity contribution in [1.29, 1.82) is 0 Å². The summed E-state index contributed by atoms with van der Waals surface area (Å²) in [5, 5.41) is 0. The van der Waals surface area contributed by atoms with Gasteiger partial charge in [-0.2, -0.15) is 0 Å². The largest absolute Gasteiger partial charge is 0.466 e. The van der Waals surface area contributed by atoms with E-state index < -0.39 is 5.92 Å². The Hall–Kier alpha value is -1.14. The number of rotatable bonds is 12. The molecule has 130 valence electrons. The Morgan fingerprint density at radius 3 is 1.86 bits per heavy atom. The molecule has 0 bridgehead atoms. The summed E-state index contributed by atoms with van der Waals surface area (Å²) in [7, 11) is 3.22. The average molecular weight is 318 g/mol. The van der Waals surface area contributed by atoms with Gasteiger partial charge in [0, 0.05) is 27.1 Å². The van der Waals surface area contributed by atoms with Gasteiger partial charge in [0.2, 0.25) is 0 Å². The molecule has 0 amide bonds. The van der Waals surface area contributed by atoms with Crippen molar-refractivity contribution in [2.75, 3.05) is 27.4 Å². The van der Waals surface area contributed by atoms with Crippen molar-refractivity contribution in [1.82, 2.24) is 0 Å². The molecule has 0 aliphatic rings. The highest BCUT2D eigenvalue weighted by Gasteiger charge is 2.22. The summed E-state index contributed by atoms with van der Waals surface area (Å²) in [6.45, 7) is 6.25. The van der Waals surface area contributed by atoms with Gasteiger partial charge in [0.25, 0.3) is 0 Å². The predicted molar refractivity (Wildman–Crippen MR) is 82.5 cm³/mol. The molecule has 0 spiro atoms. The van der Waals surface area contributed by atoms with Gasteiger partial charge in [0.15, 0.2) is 0 Å². The van der Waals surface area contributed by atoms with Crippen molar-refractivity contribution in [3.8, 4) is 0 Å². The fraction of sp³-hybridized carbons (Fsp3) is 0.875. The minimum atomic E-state index is -0.454. The van der Waals surface area contributed by atoms with Crippen LogP contribution in [-0.4, -0.2) is 51.6 Å². The Labute approximate surface area is 133 Å². The van der Waals surface area contributed by atoms with Crippen LogP contribution in [0.3, 0.4) is 0 Å². The van der Waals surface area contributed by atoms with Crippen LogP contribution in [0.1, 0.15) is 46.5 Å². The van der Waals surface area contributed by atoms with Crippen molar-refractivity contribution < 1.29 is 28.5 Å². The Kier molecular flexibility index (Phi) is 11.8. The second-order valence-electron chi connectivity index (χ2n) is 5.37. The fourth-order valence-electron chi connectivity index (χ4n) is 1.67.